The van der Waals surface area contributed by atoms with Crippen molar-refractivity contribution in [3.05, 3.63) is 69.2 Å². The predicted molar refractivity (Wildman–Crippen MR) is 122 cm³/mol. The third kappa shape index (κ3) is 7.16. The van der Waals surface area contributed by atoms with E-state index in [-0.39, 0.29) is 17.9 Å². The van der Waals surface area contributed by atoms with Crippen LogP contribution in [0.15, 0.2) is 53.0 Å². The Balaban J connectivity index is 2.15. The van der Waals surface area contributed by atoms with Gasteiger partial charge in [-0.1, -0.05) is 64.8 Å². The second kappa shape index (κ2) is 11.4. The average Bonchev–Trinajstić information content (AvgIpc) is 2.71. The fourth-order valence-electron chi connectivity index (χ4n) is 2.92. The summed E-state index contributed by atoms with van der Waals surface area (Å²) in [5.74, 6) is -0.206. The van der Waals surface area contributed by atoms with E-state index in [1.54, 1.807) is 11.8 Å². The van der Waals surface area contributed by atoms with E-state index in [2.05, 4.69) is 21.2 Å². The van der Waals surface area contributed by atoms with Crippen LogP contribution in [0.4, 0.5) is 0 Å². The van der Waals surface area contributed by atoms with Gasteiger partial charge in [-0.05, 0) is 56.0 Å². The molecule has 2 aromatic carbocycles. The van der Waals surface area contributed by atoms with Gasteiger partial charge in [0.05, 0.1) is 0 Å². The molecule has 0 aliphatic rings. The molecule has 29 heavy (non-hydrogen) atoms. The van der Waals surface area contributed by atoms with Gasteiger partial charge in [-0.25, -0.2) is 0 Å². The fraction of sp³-hybridized carbons (Fsp3) is 0.391. The Morgan fingerprint density at radius 1 is 1.10 bits per heavy atom. The Kier molecular flexibility index (Phi) is 9.18. The van der Waals surface area contributed by atoms with Gasteiger partial charge in [0.1, 0.15) is 6.04 Å². The highest BCUT2D eigenvalue weighted by Crippen LogP contribution is 2.19. The molecule has 0 unspecified atom stereocenters. The van der Waals surface area contributed by atoms with E-state index in [9.17, 15) is 9.59 Å². The second-order valence-corrected chi connectivity index (χ2v) is 8.56. The minimum Gasteiger partial charge on any atom is -0.352 e. The Morgan fingerprint density at radius 3 is 2.38 bits per heavy atom. The molecule has 0 fully saturated rings. The zero-order chi connectivity index (χ0) is 21.4. The highest BCUT2D eigenvalue weighted by atomic mass is 79.9. The van der Waals surface area contributed by atoms with Crippen molar-refractivity contribution in [1.82, 2.24) is 10.2 Å². The van der Waals surface area contributed by atoms with Crippen LogP contribution in [-0.2, 0) is 22.6 Å². The SMILES string of the molecule is CC[C@H](C)NC(=O)[C@@H](C)N(Cc1ccc(Br)cc1)C(=O)CCc1ccccc1Cl. The molecule has 4 nitrogen and oxygen atoms in total. The number of hydrogen-bond donors (Lipinski definition) is 1. The van der Waals surface area contributed by atoms with Crippen LogP contribution in [-0.4, -0.2) is 28.8 Å². The quantitative estimate of drug-likeness (QED) is 0.526. The summed E-state index contributed by atoms with van der Waals surface area (Å²) < 4.78 is 0.973. The van der Waals surface area contributed by atoms with Crippen LogP contribution in [0.5, 0.6) is 0 Å². The lowest BCUT2D eigenvalue weighted by Gasteiger charge is -2.30. The molecule has 0 spiro atoms. The molecule has 0 saturated heterocycles. The molecular weight excluding hydrogens is 452 g/mol. The molecule has 0 bridgehead atoms. The number of amides is 2. The lowest BCUT2D eigenvalue weighted by atomic mass is 10.1. The monoisotopic (exact) mass is 478 g/mol. The lowest BCUT2D eigenvalue weighted by Crippen LogP contribution is -2.49. The van der Waals surface area contributed by atoms with Crippen LogP contribution >= 0.6 is 27.5 Å². The summed E-state index contributed by atoms with van der Waals surface area (Å²) in [5, 5.41) is 3.64. The largest absolute Gasteiger partial charge is 0.352 e. The second-order valence-electron chi connectivity index (χ2n) is 7.23. The molecule has 2 atom stereocenters. The number of rotatable bonds is 9. The molecule has 1 N–H and O–H groups in total. The van der Waals surface area contributed by atoms with Crippen LogP contribution in [0, 0.1) is 0 Å². The summed E-state index contributed by atoms with van der Waals surface area (Å²) in [6.07, 6.45) is 1.67. The van der Waals surface area contributed by atoms with E-state index >= 15 is 0 Å². The molecule has 2 rings (SSSR count). The molecule has 6 heteroatoms. The van der Waals surface area contributed by atoms with Crippen molar-refractivity contribution in [1.29, 1.82) is 0 Å². The Hall–Kier alpha value is -1.85. The molecule has 0 aliphatic carbocycles. The molecule has 156 valence electrons. The first-order chi connectivity index (χ1) is 13.8. The van der Waals surface area contributed by atoms with Crippen LogP contribution in [0.3, 0.4) is 0 Å². The predicted octanol–water partition coefficient (Wildman–Crippen LogP) is 5.37. The maximum atomic E-state index is 13.1. The number of carbonyl (C=O) groups excluding carboxylic acids is 2. The normalized spacial score (nSPS) is 12.9. The first-order valence-electron chi connectivity index (χ1n) is 9.89. The molecule has 2 amide bonds. The van der Waals surface area contributed by atoms with E-state index < -0.39 is 6.04 Å². The van der Waals surface area contributed by atoms with Crippen molar-refractivity contribution < 1.29 is 9.59 Å². The van der Waals surface area contributed by atoms with Gasteiger partial charge < -0.3 is 10.2 Å². The highest BCUT2D eigenvalue weighted by Gasteiger charge is 2.26. The van der Waals surface area contributed by atoms with Crippen molar-refractivity contribution in [3.63, 3.8) is 0 Å². The molecule has 0 heterocycles. The molecule has 0 aliphatic heterocycles. The summed E-state index contributed by atoms with van der Waals surface area (Å²) in [5.41, 5.74) is 1.91. The lowest BCUT2D eigenvalue weighted by molar-refractivity contribution is -0.140. The summed E-state index contributed by atoms with van der Waals surface area (Å²) in [4.78, 5) is 27.4. The minimum atomic E-state index is -0.564. The van der Waals surface area contributed by atoms with Gasteiger partial charge in [0.25, 0.3) is 0 Å². The van der Waals surface area contributed by atoms with E-state index in [0.29, 0.717) is 24.4 Å². The third-order valence-electron chi connectivity index (χ3n) is 5.00. The molecule has 2 aromatic rings. The van der Waals surface area contributed by atoms with E-state index in [0.717, 1.165) is 22.0 Å². The Bertz CT molecular complexity index is 826. The Morgan fingerprint density at radius 2 is 1.76 bits per heavy atom. The van der Waals surface area contributed by atoms with Crippen molar-refractivity contribution in [2.75, 3.05) is 0 Å². The zero-order valence-electron chi connectivity index (χ0n) is 17.1. The number of benzene rings is 2. The number of aryl methyl sites for hydroxylation is 1. The van der Waals surface area contributed by atoms with Gasteiger partial charge in [0.2, 0.25) is 11.8 Å². The van der Waals surface area contributed by atoms with E-state index in [4.69, 9.17) is 11.6 Å². The highest BCUT2D eigenvalue weighted by molar-refractivity contribution is 9.10. The number of nitrogens with zero attached hydrogens (tertiary/aromatic N) is 1. The summed E-state index contributed by atoms with van der Waals surface area (Å²) in [6, 6.07) is 14.8. The van der Waals surface area contributed by atoms with Crippen LogP contribution in [0.2, 0.25) is 5.02 Å². The first-order valence-corrected chi connectivity index (χ1v) is 11.1. The minimum absolute atomic E-state index is 0.0673. The summed E-state index contributed by atoms with van der Waals surface area (Å²) >= 11 is 9.65. The van der Waals surface area contributed by atoms with Crippen LogP contribution < -0.4 is 5.32 Å². The maximum absolute atomic E-state index is 13.1. The van der Waals surface area contributed by atoms with Crippen molar-refractivity contribution in [3.8, 4) is 0 Å². The van der Waals surface area contributed by atoms with Crippen molar-refractivity contribution >= 4 is 39.3 Å². The van der Waals surface area contributed by atoms with E-state index in [1.165, 1.54) is 0 Å². The standard InChI is InChI=1S/C23H28BrClN2O2/c1-4-16(2)26-23(29)17(3)27(15-18-9-12-20(24)13-10-18)22(28)14-11-19-7-5-6-8-21(19)25/h5-10,12-13,16-17H,4,11,14-15H2,1-3H3,(H,26,29)/t16-,17+/m0/s1. The molecular formula is C23H28BrClN2O2. The molecule has 0 radical (unpaired) electrons. The maximum Gasteiger partial charge on any atom is 0.242 e. The Labute approximate surface area is 186 Å². The number of hydrogen-bond acceptors (Lipinski definition) is 2. The van der Waals surface area contributed by atoms with Crippen molar-refractivity contribution in [2.45, 2.75) is 58.7 Å². The number of halogens is 2. The zero-order valence-corrected chi connectivity index (χ0v) is 19.5. The van der Waals surface area contributed by atoms with Gasteiger partial charge >= 0.3 is 0 Å². The van der Waals surface area contributed by atoms with Gasteiger partial charge in [-0.3, -0.25) is 9.59 Å². The smallest absolute Gasteiger partial charge is 0.242 e. The fourth-order valence-corrected chi connectivity index (χ4v) is 3.42. The van der Waals surface area contributed by atoms with Crippen molar-refractivity contribution in [2.24, 2.45) is 0 Å². The first kappa shape index (κ1) is 23.4. The third-order valence-corrected chi connectivity index (χ3v) is 5.90. The topological polar surface area (TPSA) is 49.4 Å². The van der Waals surface area contributed by atoms with Gasteiger partial charge in [-0.2, -0.15) is 0 Å². The molecule has 0 aromatic heterocycles. The van der Waals surface area contributed by atoms with Crippen LogP contribution in [0.25, 0.3) is 0 Å². The summed E-state index contributed by atoms with van der Waals surface area (Å²) in [6.45, 7) is 6.14. The van der Waals surface area contributed by atoms with E-state index in [1.807, 2.05) is 62.4 Å². The van der Waals surface area contributed by atoms with Gasteiger partial charge in [0, 0.05) is 28.5 Å². The van der Waals surface area contributed by atoms with Crippen LogP contribution in [0.1, 0.15) is 44.7 Å². The molecule has 0 saturated carbocycles. The van der Waals surface area contributed by atoms with Gasteiger partial charge in [-0.15, -0.1) is 0 Å². The number of carbonyl (C=O) groups is 2. The number of nitrogens with one attached hydrogen (secondary N) is 1. The average molecular weight is 480 g/mol. The summed E-state index contributed by atoms with van der Waals surface area (Å²) in [7, 11) is 0. The van der Waals surface area contributed by atoms with Gasteiger partial charge in [0.15, 0.2) is 0 Å².